The summed E-state index contributed by atoms with van der Waals surface area (Å²) in [6, 6.07) is 2.61. The normalized spacial score (nSPS) is 21.7. The van der Waals surface area contributed by atoms with Crippen molar-refractivity contribution in [2.45, 2.75) is 52.5 Å². The summed E-state index contributed by atoms with van der Waals surface area (Å²) in [5.74, 6) is 1.70. The van der Waals surface area contributed by atoms with Gasteiger partial charge in [-0.1, -0.05) is 20.3 Å². The number of halogens is 1. The first-order valence-electron chi connectivity index (χ1n) is 7.42. The van der Waals surface area contributed by atoms with Crippen molar-refractivity contribution >= 4 is 22.8 Å². The van der Waals surface area contributed by atoms with Gasteiger partial charge < -0.3 is 4.57 Å². The van der Waals surface area contributed by atoms with Gasteiger partial charge >= 0.3 is 0 Å². The van der Waals surface area contributed by atoms with Gasteiger partial charge in [0, 0.05) is 24.5 Å². The van der Waals surface area contributed by atoms with Crippen molar-refractivity contribution in [1.29, 1.82) is 0 Å². The minimum Gasteiger partial charge on any atom is -0.309 e. The smallest absolute Gasteiger partial charge is 0.160 e. The topological polar surface area (TPSA) is 30.7 Å². The number of alkyl halides is 1. The lowest BCUT2D eigenvalue weighted by Gasteiger charge is -2.29. The maximum absolute atomic E-state index is 5.97. The summed E-state index contributed by atoms with van der Waals surface area (Å²) in [7, 11) is 0. The van der Waals surface area contributed by atoms with Gasteiger partial charge in [0.1, 0.15) is 11.3 Å². The van der Waals surface area contributed by atoms with Crippen molar-refractivity contribution in [3.05, 3.63) is 23.7 Å². The molecule has 1 aliphatic carbocycles. The highest BCUT2D eigenvalue weighted by Gasteiger charge is 2.37. The van der Waals surface area contributed by atoms with E-state index >= 15 is 0 Å². The van der Waals surface area contributed by atoms with E-state index in [1.165, 1.54) is 19.3 Å². The Morgan fingerprint density at radius 3 is 2.90 bits per heavy atom. The van der Waals surface area contributed by atoms with Crippen LogP contribution in [0.1, 0.15) is 50.5 Å². The van der Waals surface area contributed by atoms with Crippen molar-refractivity contribution in [1.82, 2.24) is 14.5 Å². The van der Waals surface area contributed by atoms with E-state index in [-0.39, 0.29) is 0 Å². The molecule has 3 rings (SSSR count). The molecule has 1 saturated carbocycles. The molecule has 0 N–H and O–H groups in total. The van der Waals surface area contributed by atoms with Crippen LogP contribution in [-0.4, -0.2) is 20.4 Å². The van der Waals surface area contributed by atoms with E-state index < -0.39 is 0 Å². The number of aromatic nitrogens is 3. The summed E-state index contributed by atoms with van der Waals surface area (Å²) in [4.78, 5) is 9.44. The summed E-state index contributed by atoms with van der Waals surface area (Å²) in [5, 5.41) is 0. The quantitative estimate of drug-likeness (QED) is 0.791. The summed E-state index contributed by atoms with van der Waals surface area (Å²) in [6.07, 6.45) is 6.51. The van der Waals surface area contributed by atoms with Crippen molar-refractivity contribution in [3.8, 4) is 0 Å². The molecule has 0 radical (unpaired) electrons. The van der Waals surface area contributed by atoms with Crippen LogP contribution < -0.4 is 0 Å². The van der Waals surface area contributed by atoms with E-state index in [1.54, 1.807) is 0 Å². The lowest BCUT2D eigenvalue weighted by molar-refractivity contribution is 0.260. The van der Waals surface area contributed by atoms with Crippen molar-refractivity contribution in [2.75, 3.05) is 5.88 Å². The number of fused-ring (bicyclic) bond motifs is 1. The molecule has 20 heavy (non-hydrogen) atoms. The monoisotopic (exact) mass is 291 g/mol. The van der Waals surface area contributed by atoms with Crippen LogP contribution >= 0.6 is 11.6 Å². The molecule has 1 atom stereocenters. The van der Waals surface area contributed by atoms with E-state index in [0.717, 1.165) is 29.0 Å². The SMILES string of the molecule is Cc1cnc2c(c1)nc(CCCl)n2C1CCCC1(C)C. The molecule has 0 aromatic carbocycles. The summed E-state index contributed by atoms with van der Waals surface area (Å²) >= 11 is 5.97. The number of imidazole rings is 1. The molecular formula is C16H22ClN3. The van der Waals surface area contributed by atoms with Gasteiger partial charge in [-0.05, 0) is 36.8 Å². The van der Waals surface area contributed by atoms with Crippen LogP contribution in [0.25, 0.3) is 11.2 Å². The third-order valence-electron chi connectivity index (χ3n) is 4.57. The molecule has 2 heterocycles. The average Bonchev–Trinajstić information content (AvgIpc) is 2.88. The van der Waals surface area contributed by atoms with E-state index in [0.29, 0.717) is 17.3 Å². The Morgan fingerprint density at radius 1 is 1.45 bits per heavy atom. The zero-order valence-corrected chi connectivity index (χ0v) is 13.2. The van der Waals surface area contributed by atoms with Crippen molar-refractivity contribution in [3.63, 3.8) is 0 Å². The van der Waals surface area contributed by atoms with Gasteiger partial charge in [0.25, 0.3) is 0 Å². The molecule has 0 amide bonds. The van der Waals surface area contributed by atoms with E-state index in [9.17, 15) is 0 Å². The van der Waals surface area contributed by atoms with Crippen molar-refractivity contribution < 1.29 is 0 Å². The molecule has 2 aromatic heterocycles. The third kappa shape index (κ3) is 2.22. The van der Waals surface area contributed by atoms with Crippen LogP contribution in [0.5, 0.6) is 0 Å². The molecule has 0 saturated heterocycles. The van der Waals surface area contributed by atoms with E-state index in [4.69, 9.17) is 16.6 Å². The van der Waals surface area contributed by atoms with E-state index in [1.807, 2.05) is 6.20 Å². The second kappa shape index (κ2) is 5.03. The molecule has 0 spiro atoms. The van der Waals surface area contributed by atoms with Crippen LogP contribution in [0.4, 0.5) is 0 Å². The minimum atomic E-state index is 0.307. The number of hydrogen-bond donors (Lipinski definition) is 0. The Balaban J connectivity index is 2.18. The fourth-order valence-corrected chi connectivity index (χ4v) is 3.67. The molecule has 0 bridgehead atoms. The number of rotatable bonds is 3. The Labute approximate surface area is 125 Å². The molecule has 3 nitrogen and oxygen atoms in total. The standard InChI is InChI=1S/C16H22ClN3/c1-11-9-12-15(18-10-11)20(14(19-12)6-8-17)13-5-4-7-16(13,2)3/h9-10,13H,4-8H2,1-3H3. The van der Waals surface area contributed by atoms with Crippen LogP contribution in [0, 0.1) is 12.3 Å². The first-order chi connectivity index (χ1) is 9.53. The molecule has 2 aromatic rings. The fraction of sp³-hybridized carbons (Fsp3) is 0.625. The summed E-state index contributed by atoms with van der Waals surface area (Å²) < 4.78 is 2.37. The molecule has 1 aliphatic rings. The van der Waals surface area contributed by atoms with Gasteiger partial charge in [0.05, 0.1) is 0 Å². The summed E-state index contributed by atoms with van der Waals surface area (Å²) in [6.45, 7) is 6.77. The third-order valence-corrected chi connectivity index (χ3v) is 4.76. The van der Waals surface area contributed by atoms with Gasteiger partial charge in [-0.25, -0.2) is 9.97 Å². The Bertz CT molecular complexity index is 630. The van der Waals surface area contributed by atoms with Gasteiger partial charge in [-0.15, -0.1) is 11.6 Å². The first kappa shape index (κ1) is 13.9. The Hall–Kier alpha value is -1.09. The molecule has 1 unspecified atom stereocenters. The predicted octanol–water partition coefficient (Wildman–Crippen LogP) is 4.27. The minimum absolute atomic E-state index is 0.307. The Kier molecular flexibility index (Phi) is 3.49. The molecule has 0 aliphatic heterocycles. The molecule has 108 valence electrons. The zero-order chi connectivity index (χ0) is 14.3. The van der Waals surface area contributed by atoms with Gasteiger partial charge in [0.15, 0.2) is 5.65 Å². The highest BCUT2D eigenvalue weighted by atomic mass is 35.5. The second-order valence-electron chi connectivity index (χ2n) is 6.59. The maximum atomic E-state index is 5.97. The number of aryl methyl sites for hydroxylation is 2. The zero-order valence-electron chi connectivity index (χ0n) is 12.5. The highest BCUT2D eigenvalue weighted by molar-refractivity contribution is 6.17. The maximum Gasteiger partial charge on any atom is 0.160 e. The highest BCUT2D eigenvalue weighted by Crippen LogP contribution is 2.47. The lowest BCUT2D eigenvalue weighted by atomic mass is 9.87. The second-order valence-corrected chi connectivity index (χ2v) is 6.97. The lowest BCUT2D eigenvalue weighted by Crippen LogP contribution is -2.23. The average molecular weight is 292 g/mol. The van der Waals surface area contributed by atoms with Crippen LogP contribution in [0.15, 0.2) is 12.3 Å². The van der Waals surface area contributed by atoms with E-state index in [2.05, 4.69) is 36.4 Å². The summed E-state index contributed by atoms with van der Waals surface area (Å²) in [5.41, 5.74) is 3.50. The molecular weight excluding hydrogens is 270 g/mol. The van der Waals surface area contributed by atoms with Gasteiger partial charge in [0.2, 0.25) is 0 Å². The van der Waals surface area contributed by atoms with Crippen LogP contribution in [-0.2, 0) is 6.42 Å². The Morgan fingerprint density at radius 2 is 2.25 bits per heavy atom. The van der Waals surface area contributed by atoms with Gasteiger partial charge in [-0.2, -0.15) is 0 Å². The van der Waals surface area contributed by atoms with Crippen LogP contribution in [0.3, 0.4) is 0 Å². The first-order valence-corrected chi connectivity index (χ1v) is 7.96. The number of hydrogen-bond acceptors (Lipinski definition) is 2. The fourth-order valence-electron chi connectivity index (χ4n) is 3.50. The van der Waals surface area contributed by atoms with Crippen molar-refractivity contribution in [2.24, 2.45) is 5.41 Å². The predicted molar refractivity (Wildman–Crippen MR) is 83.4 cm³/mol. The molecule has 4 heteroatoms. The number of nitrogens with zero attached hydrogens (tertiary/aromatic N) is 3. The van der Waals surface area contributed by atoms with Gasteiger partial charge in [-0.3, -0.25) is 0 Å². The largest absolute Gasteiger partial charge is 0.309 e. The molecule has 1 fully saturated rings. The number of pyridine rings is 1. The van der Waals surface area contributed by atoms with Crippen LogP contribution in [0.2, 0.25) is 0 Å².